The van der Waals surface area contributed by atoms with Gasteiger partial charge in [0.05, 0.1) is 5.60 Å². The largest absolute Gasteiger partial charge is 0.444 e. The van der Waals surface area contributed by atoms with Gasteiger partial charge in [-0.2, -0.15) is 0 Å². The van der Waals surface area contributed by atoms with E-state index in [-0.39, 0.29) is 12.0 Å². The first kappa shape index (κ1) is 30.8. The Morgan fingerprint density at radius 2 is 1.34 bits per heavy atom. The number of rotatable bonds is 11. The number of likely N-dealkylation sites (tertiary alicyclic amines) is 1. The first-order valence-corrected chi connectivity index (χ1v) is 15.0. The average Bonchev–Trinajstić information content (AvgIpc) is 3.27. The van der Waals surface area contributed by atoms with E-state index in [1.165, 1.54) is 16.7 Å². The highest BCUT2D eigenvalue weighted by Gasteiger charge is 2.50. The van der Waals surface area contributed by atoms with Crippen LogP contribution in [-0.4, -0.2) is 50.8 Å². The van der Waals surface area contributed by atoms with E-state index in [0.29, 0.717) is 19.4 Å². The van der Waals surface area contributed by atoms with E-state index in [9.17, 15) is 9.90 Å². The van der Waals surface area contributed by atoms with Gasteiger partial charge in [0.2, 0.25) is 0 Å². The molecule has 3 aromatic carbocycles. The number of hydrogen-bond donors (Lipinski definition) is 1. The molecule has 2 unspecified atom stereocenters. The molecule has 1 aliphatic heterocycles. The molecule has 4 rings (SSSR count). The van der Waals surface area contributed by atoms with Gasteiger partial charge >= 0.3 is 6.09 Å². The summed E-state index contributed by atoms with van der Waals surface area (Å²) in [6.45, 7) is 12.7. The van der Waals surface area contributed by atoms with Crippen LogP contribution < -0.4 is 0 Å². The fourth-order valence-electron chi connectivity index (χ4n) is 6.03. The summed E-state index contributed by atoms with van der Waals surface area (Å²) < 4.78 is 5.78. The number of aliphatic hydroxyl groups is 1. The molecule has 1 fully saturated rings. The molecular formula is C36H48N2O3. The van der Waals surface area contributed by atoms with Crippen LogP contribution in [-0.2, 0) is 24.2 Å². The van der Waals surface area contributed by atoms with E-state index in [4.69, 9.17) is 4.74 Å². The van der Waals surface area contributed by atoms with Crippen LogP contribution in [0.2, 0.25) is 0 Å². The number of hydrogen-bond acceptors (Lipinski definition) is 4. The Morgan fingerprint density at radius 1 is 0.854 bits per heavy atom. The summed E-state index contributed by atoms with van der Waals surface area (Å²) in [7, 11) is 0. The van der Waals surface area contributed by atoms with Crippen molar-refractivity contribution in [3.05, 3.63) is 108 Å². The molecule has 1 heterocycles. The lowest BCUT2D eigenvalue weighted by Crippen LogP contribution is -2.46. The Hall–Kier alpha value is -3.15. The van der Waals surface area contributed by atoms with E-state index in [1.54, 1.807) is 0 Å². The number of carbonyl (C=O) groups excluding carboxylic acids is 1. The Balaban J connectivity index is 1.56. The topological polar surface area (TPSA) is 53.0 Å². The minimum absolute atomic E-state index is 0.0518. The fourth-order valence-corrected chi connectivity index (χ4v) is 6.03. The average molecular weight is 557 g/mol. The zero-order valence-corrected chi connectivity index (χ0v) is 25.6. The number of nitrogens with zero attached hydrogens (tertiary/aromatic N) is 2. The quantitative estimate of drug-likeness (QED) is 0.266. The zero-order valence-electron chi connectivity index (χ0n) is 25.6. The van der Waals surface area contributed by atoms with Crippen molar-refractivity contribution in [2.45, 2.75) is 90.1 Å². The molecule has 0 aliphatic carbocycles. The lowest BCUT2D eigenvalue weighted by Gasteiger charge is -2.36. The summed E-state index contributed by atoms with van der Waals surface area (Å²) in [4.78, 5) is 17.5. The first-order valence-electron chi connectivity index (χ1n) is 15.0. The third-order valence-electron chi connectivity index (χ3n) is 8.30. The van der Waals surface area contributed by atoms with E-state index in [2.05, 4.69) is 91.5 Å². The van der Waals surface area contributed by atoms with Crippen molar-refractivity contribution in [2.24, 2.45) is 5.92 Å². The summed E-state index contributed by atoms with van der Waals surface area (Å²) in [6.07, 6.45) is 2.49. The van der Waals surface area contributed by atoms with Gasteiger partial charge in [0.1, 0.15) is 5.60 Å². The van der Waals surface area contributed by atoms with Crippen molar-refractivity contribution in [1.29, 1.82) is 0 Å². The minimum Gasteiger partial charge on any atom is -0.444 e. The van der Waals surface area contributed by atoms with Crippen LogP contribution in [0.5, 0.6) is 0 Å². The minimum atomic E-state index is -0.935. The normalized spacial score (nSPS) is 18.3. The molecule has 41 heavy (non-hydrogen) atoms. The molecule has 0 saturated carbocycles. The van der Waals surface area contributed by atoms with Crippen LogP contribution >= 0.6 is 0 Å². The predicted molar refractivity (Wildman–Crippen MR) is 166 cm³/mol. The maximum atomic E-state index is 13.2. The SMILES string of the molecule is CC(C)(C)OC(=O)N1CC(C(O)(CCc2ccccc2)CCN(Cc2ccccc2)Cc2ccccc2)CC1(C)C. The molecule has 5 heteroatoms. The molecule has 220 valence electrons. The van der Waals surface area contributed by atoms with Gasteiger partial charge in [-0.3, -0.25) is 4.90 Å². The number of benzene rings is 3. The fraction of sp³-hybridized carbons (Fsp3) is 0.472. The van der Waals surface area contributed by atoms with Gasteiger partial charge in [-0.05, 0) is 77.0 Å². The van der Waals surface area contributed by atoms with Crippen LogP contribution in [0.15, 0.2) is 91.0 Å². The van der Waals surface area contributed by atoms with Crippen LogP contribution in [0.3, 0.4) is 0 Å². The lowest BCUT2D eigenvalue weighted by atomic mass is 9.77. The summed E-state index contributed by atoms with van der Waals surface area (Å²) in [6, 6.07) is 31.5. The van der Waals surface area contributed by atoms with E-state index in [1.807, 2.05) is 43.9 Å². The van der Waals surface area contributed by atoms with Crippen molar-refractivity contribution in [3.8, 4) is 0 Å². The Labute approximate surface area is 247 Å². The Kier molecular flexibility index (Phi) is 9.93. The maximum Gasteiger partial charge on any atom is 0.410 e. The third kappa shape index (κ3) is 8.92. The second-order valence-corrected chi connectivity index (χ2v) is 13.3. The highest BCUT2D eigenvalue weighted by molar-refractivity contribution is 5.69. The van der Waals surface area contributed by atoms with Gasteiger partial charge in [0.25, 0.3) is 0 Å². The zero-order chi connectivity index (χ0) is 29.5. The van der Waals surface area contributed by atoms with Gasteiger partial charge in [-0.25, -0.2) is 4.79 Å². The van der Waals surface area contributed by atoms with E-state index >= 15 is 0 Å². The van der Waals surface area contributed by atoms with Crippen molar-refractivity contribution >= 4 is 6.09 Å². The van der Waals surface area contributed by atoms with Crippen molar-refractivity contribution in [1.82, 2.24) is 9.80 Å². The van der Waals surface area contributed by atoms with Crippen LogP contribution in [0.1, 0.15) is 70.6 Å². The van der Waals surface area contributed by atoms with Gasteiger partial charge < -0.3 is 14.7 Å². The summed E-state index contributed by atoms with van der Waals surface area (Å²) in [5, 5.41) is 12.5. The maximum absolute atomic E-state index is 13.2. The van der Waals surface area contributed by atoms with Crippen LogP contribution in [0.4, 0.5) is 4.79 Å². The van der Waals surface area contributed by atoms with Crippen LogP contribution in [0.25, 0.3) is 0 Å². The van der Waals surface area contributed by atoms with Crippen molar-refractivity contribution < 1.29 is 14.6 Å². The third-order valence-corrected chi connectivity index (χ3v) is 8.30. The number of carbonyl (C=O) groups is 1. The van der Waals surface area contributed by atoms with Crippen molar-refractivity contribution in [2.75, 3.05) is 13.1 Å². The Bertz CT molecular complexity index is 1180. The molecule has 0 aromatic heterocycles. The summed E-state index contributed by atoms with van der Waals surface area (Å²) >= 11 is 0. The molecule has 5 nitrogen and oxygen atoms in total. The molecule has 0 spiro atoms. The van der Waals surface area contributed by atoms with Crippen LogP contribution in [0, 0.1) is 5.92 Å². The molecule has 1 N–H and O–H groups in total. The van der Waals surface area contributed by atoms with E-state index in [0.717, 1.165) is 32.5 Å². The highest BCUT2D eigenvalue weighted by atomic mass is 16.6. The van der Waals surface area contributed by atoms with Gasteiger partial charge in [-0.1, -0.05) is 91.0 Å². The second kappa shape index (κ2) is 13.2. The monoisotopic (exact) mass is 556 g/mol. The number of ether oxygens (including phenoxy) is 1. The van der Waals surface area contributed by atoms with Gasteiger partial charge in [-0.15, -0.1) is 0 Å². The number of amides is 1. The molecule has 0 bridgehead atoms. The highest BCUT2D eigenvalue weighted by Crippen LogP contribution is 2.42. The van der Waals surface area contributed by atoms with Gasteiger partial charge in [0.15, 0.2) is 0 Å². The molecule has 1 saturated heterocycles. The molecule has 2 atom stereocenters. The molecule has 0 radical (unpaired) electrons. The number of aryl methyl sites for hydroxylation is 1. The lowest BCUT2D eigenvalue weighted by molar-refractivity contribution is -0.0385. The van der Waals surface area contributed by atoms with Gasteiger partial charge in [0, 0.05) is 37.6 Å². The van der Waals surface area contributed by atoms with E-state index < -0.39 is 16.7 Å². The molecule has 1 aliphatic rings. The standard InChI is InChI=1S/C36H48N2O3/c1-34(2,3)41-33(39)38-28-32(25-35(38,4)5)36(40,22-21-29-15-9-6-10-16-29)23-24-37(26-30-17-11-7-12-18-30)27-31-19-13-8-14-20-31/h6-20,32,40H,21-28H2,1-5H3. The summed E-state index contributed by atoms with van der Waals surface area (Å²) in [5.41, 5.74) is 1.84. The smallest absolute Gasteiger partial charge is 0.410 e. The molecule has 1 amide bonds. The second-order valence-electron chi connectivity index (χ2n) is 13.3. The Morgan fingerprint density at radius 3 is 1.83 bits per heavy atom. The van der Waals surface area contributed by atoms with Crippen molar-refractivity contribution in [3.63, 3.8) is 0 Å². The first-order chi connectivity index (χ1) is 19.4. The summed E-state index contributed by atoms with van der Waals surface area (Å²) in [5.74, 6) is -0.0518. The molecule has 3 aromatic rings. The molecular weight excluding hydrogens is 508 g/mol. The predicted octanol–water partition coefficient (Wildman–Crippen LogP) is 7.48.